The summed E-state index contributed by atoms with van der Waals surface area (Å²) in [7, 11) is -3.23. The normalized spacial score (nSPS) is 20.6. The maximum atomic E-state index is 12.4. The molecule has 122 valence electrons. The third-order valence-electron chi connectivity index (χ3n) is 4.00. The molecule has 1 heterocycles. The molecular formula is C16H24N2O3S. The number of carbonyl (C=O) groups is 1. The summed E-state index contributed by atoms with van der Waals surface area (Å²) in [5, 5.41) is 0. The number of amides is 1. The molecule has 6 heteroatoms. The molecule has 1 fully saturated rings. The number of piperidine rings is 1. The van der Waals surface area contributed by atoms with Gasteiger partial charge in [-0.1, -0.05) is 37.3 Å². The molecule has 1 N–H and O–H groups in total. The third-order valence-corrected chi connectivity index (χ3v) is 4.77. The van der Waals surface area contributed by atoms with E-state index in [9.17, 15) is 13.2 Å². The van der Waals surface area contributed by atoms with Crippen LogP contribution in [0.5, 0.6) is 0 Å². The van der Waals surface area contributed by atoms with Gasteiger partial charge in [-0.05, 0) is 24.3 Å². The van der Waals surface area contributed by atoms with Gasteiger partial charge in [0, 0.05) is 25.6 Å². The maximum absolute atomic E-state index is 12.4. The highest BCUT2D eigenvalue weighted by Crippen LogP contribution is 2.21. The molecule has 0 bridgehead atoms. The molecule has 1 aromatic rings. The average Bonchev–Trinajstić information content (AvgIpc) is 2.46. The van der Waals surface area contributed by atoms with E-state index >= 15 is 0 Å². The number of rotatable bonds is 5. The molecule has 0 aliphatic carbocycles. The van der Waals surface area contributed by atoms with Crippen molar-refractivity contribution >= 4 is 15.9 Å². The van der Waals surface area contributed by atoms with Crippen LogP contribution < -0.4 is 4.72 Å². The molecule has 1 aliphatic heterocycles. The van der Waals surface area contributed by atoms with Gasteiger partial charge in [-0.15, -0.1) is 0 Å². The number of nitrogens with one attached hydrogen (secondary N) is 1. The lowest BCUT2D eigenvalue weighted by molar-refractivity contribution is -0.132. The van der Waals surface area contributed by atoms with E-state index in [0.717, 1.165) is 24.7 Å². The van der Waals surface area contributed by atoms with Crippen LogP contribution in [0.1, 0.15) is 37.7 Å². The molecule has 2 atom stereocenters. The van der Waals surface area contributed by atoms with Gasteiger partial charge in [-0.25, -0.2) is 13.1 Å². The fourth-order valence-corrected chi connectivity index (χ4v) is 3.69. The van der Waals surface area contributed by atoms with E-state index in [0.29, 0.717) is 19.5 Å². The fourth-order valence-electron chi connectivity index (χ4n) is 2.89. The predicted octanol–water partition coefficient (Wildman–Crippen LogP) is 1.72. The monoisotopic (exact) mass is 324 g/mol. The van der Waals surface area contributed by atoms with Gasteiger partial charge < -0.3 is 4.90 Å². The van der Waals surface area contributed by atoms with E-state index in [4.69, 9.17) is 0 Å². The van der Waals surface area contributed by atoms with Crippen molar-refractivity contribution in [1.82, 2.24) is 9.62 Å². The molecule has 1 aliphatic rings. The molecular weight excluding hydrogens is 300 g/mol. The van der Waals surface area contributed by atoms with E-state index in [1.165, 1.54) is 0 Å². The Morgan fingerprint density at radius 3 is 2.68 bits per heavy atom. The second kappa shape index (κ2) is 7.24. The fraction of sp³-hybridized carbons (Fsp3) is 0.562. The second-order valence-corrected chi connectivity index (χ2v) is 7.86. The van der Waals surface area contributed by atoms with E-state index in [1.54, 1.807) is 4.90 Å². The Balaban J connectivity index is 1.92. The zero-order valence-electron chi connectivity index (χ0n) is 13.2. The summed E-state index contributed by atoms with van der Waals surface area (Å²) >= 11 is 0. The molecule has 0 aromatic heterocycles. The molecule has 1 amide bonds. The molecule has 1 saturated heterocycles. The first-order chi connectivity index (χ1) is 10.3. The lowest BCUT2D eigenvalue weighted by atomic mass is 9.96. The minimum absolute atomic E-state index is 0.0938. The Labute approximate surface area is 132 Å². The molecule has 0 spiro atoms. The number of hydrogen-bond acceptors (Lipinski definition) is 3. The Morgan fingerprint density at radius 1 is 1.36 bits per heavy atom. The van der Waals surface area contributed by atoms with Gasteiger partial charge in [-0.2, -0.15) is 0 Å². The van der Waals surface area contributed by atoms with E-state index < -0.39 is 10.0 Å². The highest BCUT2D eigenvalue weighted by atomic mass is 32.2. The van der Waals surface area contributed by atoms with E-state index in [-0.39, 0.29) is 17.9 Å². The van der Waals surface area contributed by atoms with Gasteiger partial charge in [0.2, 0.25) is 15.9 Å². The van der Waals surface area contributed by atoms with Crippen molar-refractivity contribution in [2.45, 2.75) is 38.1 Å². The van der Waals surface area contributed by atoms with Crippen molar-refractivity contribution in [1.29, 1.82) is 0 Å². The summed E-state index contributed by atoms with van der Waals surface area (Å²) in [6.45, 7) is 3.22. The summed E-state index contributed by atoms with van der Waals surface area (Å²) < 4.78 is 25.3. The highest BCUT2D eigenvalue weighted by molar-refractivity contribution is 7.88. The number of carbonyl (C=O) groups excluding carboxylic acids is 1. The van der Waals surface area contributed by atoms with Crippen molar-refractivity contribution < 1.29 is 13.2 Å². The molecule has 0 radical (unpaired) electrons. The molecule has 0 unspecified atom stereocenters. The largest absolute Gasteiger partial charge is 0.341 e. The minimum Gasteiger partial charge on any atom is -0.341 e. The van der Waals surface area contributed by atoms with E-state index in [1.807, 2.05) is 37.3 Å². The van der Waals surface area contributed by atoms with Crippen LogP contribution in [-0.4, -0.2) is 44.6 Å². The second-order valence-electron chi connectivity index (χ2n) is 6.08. The first-order valence-electron chi connectivity index (χ1n) is 7.65. The zero-order chi connectivity index (χ0) is 16.2. The van der Waals surface area contributed by atoms with Crippen LogP contribution in [0.4, 0.5) is 0 Å². The number of benzene rings is 1. The Morgan fingerprint density at radius 2 is 2.05 bits per heavy atom. The number of nitrogens with zero attached hydrogens (tertiary/aromatic N) is 1. The Hall–Kier alpha value is -1.40. The molecule has 2 rings (SSSR count). The van der Waals surface area contributed by atoms with Gasteiger partial charge in [0.1, 0.15) is 0 Å². The average molecular weight is 324 g/mol. The van der Waals surface area contributed by atoms with E-state index in [2.05, 4.69) is 4.72 Å². The van der Waals surface area contributed by atoms with Crippen LogP contribution in [0.15, 0.2) is 30.3 Å². The Bertz CT molecular complexity index is 601. The molecule has 22 heavy (non-hydrogen) atoms. The number of sulfonamides is 1. The summed E-state index contributed by atoms with van der Waals surface area (Å²) in [6, 6.07) is 9.81. The number of likely N-dealkylation sites (tertiary alicyclic amines) is 1. The third kappa shape index (κ3) is 5.10. The van der Waals surface area contributed by atoms with Crippen LogP contribution >= 0.6 is 0 Å². The zero-order valence-corrected chi connectivity index (χ0v) is 14.0. The van der Waals surface area contributed by atoms with Gasteiger partial charge in [-0.3, -0.25) is 4.79 Å². The summed E-state index contributed by atoms with van der Waals surface area (Å²) in [6.07, 6.45) is 3.23. The SMILES string of the molecule is C[C@H](CC(=O)N1CCC[C@H](NS(C)(=O)=O)C1)c1ccccc1. The maximum Gasteiger partial charge on any atom is 0.223 e. The smallest absolute Gasteiger partial charge is 0.223 e. The predicted molar refractivity (Wildman–Crippen MR) is 87.1 cm³/mol. The van der Waals surface area contributed by atoms with Crippen molar-refractivity contribution in [3.05, 3.63) is 35.9 Å². The van der Waals surface area contributed by atoms with Crippen LogP contribution in [0.2, 0.25) is 0 Å². The van der Waals surface area contributed by atoms with Crippen molar-refractivity contribution in [3.8, 4) is 0 Å². The quantitative estimate of drug-likeness (QED) is 0.897. The van der Waals surface area contributed by atoms with Crippen LogP contribution in [-0.2, 0) is 14.8 Å². The standard InChI is InChI=1S/C16H24N2O3S/c1-13(14-7-4-3-5-8-14)11-16(19)18-10-6-9-15(12-18)17-22(2,20)21/h3-5,7-8,13,15,17H,6,9-12H2,1-2H3/t13-,15+/m1/s1. The van der Waals surface area contributed by atoms with Crippen LogP contribution in [0.3, 0.4) is 0 Å². The highest BCUT2D eigenvalue weighted by Gasteiger charge is 2.26. The van der Waals surface area contributed by atoms with Gasteiger partial charge in [0.15, 0.2) is 0 Å². The van der Waals surface area contributed by atoms with Gasteiger partial charge in [0.25, 0.3) is 0 Å². The van der Waals surface area contributed by atoms with Crippen LogP contribution in [0.25, 0.3) is 0 Å². The van der Waals surface area contributed by atoms with Crippen LogP contribution in [0, 0.1) is 0 Å². The van der Waals surface area contributed by atoms with Crippen molar-refractivity contribution in [3.63, 3.8) is 0 Å². The van der Waals surface area contributed by atoms with Gasteiger partial charge >= 0.3 is 0 Å². The first-order valence-corrected chi connectivity index (χ1v) is 9.54. The van der Waals surface area contributed by atoms with Crippen molar-refractivity contribution in [2.24, 2.45) is 0 Å². The summed E-state index contributed by atoms with van der Waals surface area (Å²) in [5.74, 6) is 0.258. The lowest BCUT2D eigenvalue weighted by Gasteiger charge is -2.33. The summed E-state index contributed by atoms with van der Waals surface area (Å²) in [5.41, 5.74) is 1.15. The first kappa shape index (κ1) is 17.0. The lowest BCUT2D eigenvalue weighted by Crippen LogP contribution is -2.49. The molecule has 5 nitrogen and oxygen atoms in total. The topological polar surface area (TPSA) is 66.5 Å². The minimum atomic E-state index is -3.23. The Kier molecular flexibility index (Phi) is 5.58. The summed E-state index contributed by atoms with van der Waals surface area (Å²) in [4.78, 5) is 14.2. The molecule has 1 aromatic carbocycles. The van der Waals surface area contributed by atoms with Gasteiger partial charge in [0.05, 0.1) is 6.26 Å². The van der Waals surface area contributed by atoms with Crippen molar-refractivity contribution in [2.75, 3.05) is 19.3 Å². The number of hydrogen-bond donors (Lipinski definition) is 1. The molecule has 0 saturated carbocycles.